The van der Waals surface area contributed by atoms with Gasteiger partial charge in [0.1, 0.15) is 6.04 Å². The molecule has 0 bridgehead atoms. The molecule has 31 heavy (non-hydrogen) atoms. The number of allylic oxidation sites excluding steroid dienone is 2. The minimum absolute atomic E-state index is 0.114. The predicted octanol–water partition coefficient (Wildman–Crippen LogP) is -0.222. The number of amides is 4. The van der Waals surface area contributed by atoms with Crippen LogP contribution in [0.15, 0.2) is 23.8 Å². The Morgan fingerprint density at radius 1 is 1.26 bits per heavy atom. The zero-order valence-electron chi connectivity index (χ0n) is 18.0. The standard InChI is InChI=1S/C22H30N4O5/c1-22(25-13-11-14(12-13)31-10-4-9-23-2)8-3-5-15-18(22)21(30)26(20(15)29)16-6-7-17(27)24-19(16)28/h3,5,8,13-14,16,18,23,25H,4,6-7,9-12H2,1-2H3,(H,24,27,28). The number of hydrogen-bond donors (Lipinski definition) is 3. The minimum Gasteiger partial charge on any atom is -0.378 e. The number of likely N-dealkylation sites (tertiary alicyclic amines) is 1. The number of nitrogens with zero attached hydrogens (tertiary/aromatic N) is 1. The maximum atomic E-state index is 13.3. The van der Waals surface area contributed by atoms with Crippen LogP contribution >= 0.6 is 0 Å². The van der Waals surface area contributed by atoms with Gasteiger partial charge in [0.25, 0.3) is 5.91 Å². The van der Waals surface area contributed by atoms with E-state index in [0.29, 0.717) is 5.57 Å². The van der Waals surface area contributed by atoms with Crippen LogP contribution in [0.3, 0.4) is 0 Å². The van der Waals surface area contributed by atoms with Gasteiger partial charge in [0.05, 0.1) is 17.6 Å². The number of fused-ring (bicyclic) bond motifs is 1. The van der Waals surface area contributed by atoms with Crippen molar-refractivity contribution in [2.45, 2.75) is 62.8 Å². The number of nitrogens with one attached hydrogen (secondary N) is 3. The minimum atomic E-state index is -0.937. The van der Waals surface area contributed by atoms with E-state index in [1.165, 1.54) is 0 Å². The van der Waals surface area contributed by atoms with E-state index in [1.807, 2.05) is 20.0 Å². The summed E-state index contributed by atoms with van der Waals surface area (Å²) < 4.78 is 5.86. The van der Waals surface area contributed by atoms with Gasteiger partial charge in [0.15, 0.2) is 0 Å². The monoisotopic (exact) mass is 430 g/mol. The first-order valence-electron chi connectivity index (χ1n) is 11.0. The van der Waals surface area contributed by atoms with E-state index in [4.69, 9.17) is 4.74 Å². The SMILES string of the molecule is CNCCCOC1CC(NC2(C)C=CC=C3C(=O)N(C4CCC(=O)NC4=O)C(=O)C32)C1. The lowest BCUT2D eigenvalue weighted by atomic mass is 9.75. The number of imide groups is 2. The molecule has 4 aliphatic rings. The van der Waals surface area contributed by atoms with Crippen LogP contribution in [-0.4, -0.2) is 72.5 Å². The van der Waals surface area contributed by atoms with E-state index in [0.717, 1.165) is 37.3 Å². The quantitative estimate of drug-likeness (QED) is 0.360. The molecule has 3 N–H and O–H groups in total. The average molecular weight is 431 g/mol. The van der Waals surface area contributed by atoms with Crippen molar-refractivity contribution in [3.05, 3.63) is 23.8 Å². The molecule has 2 heterocycles. The van der Waals surface area contributed by atoms with Gasteiger partial charge in [-0.15, -0.1) is 0 Å². The summed E-state index contributed by atoms with van der Waals surface area (Å²) in [5.74, 6) is -2.48. The highest BCUT2D eigenvalue weighted by Crippen LogP contribution is 2.41. The van der Waals surface area contributed by atoms with E-state index in [-0.39, 0.29) is 36.8 Å². The second kappa shape index (κ2) is 8.64. The van der Waals surface area contributed by atoms with Crippen molar-refractivity contribution in [3.63, 3.8) is 0 Å². The number of rotatable bonds is 8. The van der Waals surface area contributed by atoms with Gasteiger partial charge in [-0.3, -0.25) is 29.4 Å². The Bertz CT molecular complexity index is 847. The molecule has 3 atom stereocenters. The lowest BCUT2D eigenvalue weighted by Crippen LogP contribution is -2.60. The zero-order valence-corrected chi connectivity index (χ0v) is 18.0. The molecule has 3 fully saturated rings. The molecule has 2 aliphatic carbocycles. The van der Waals surface area contributed by atoms with Gasteiger partial charge in [-0.05, 0) is 46.2 Å². The molecule has 0 spiro atoms. The summed E-state index contributed by atoms with van der Waals surface area (Å²) in [4.78, 5) is 51.2. The number of ether oxygens (including phenoxy) is 1. The van der Waals surface area contributed by atoms with E-state index in [9.17, 15) is 19.2 Å². The van der Waals surface area contributed by atoms with Crippen LogP contribution in [0.5, 0.6) is 0 Å². The average Bonchev–Trinajstić information content (AvgIpc) is 2.95. The Morgan fingerprint density at radius 3 is 2.74 bits per heavy atom. The Hall–Kier alpha value is -2.36. The van der Waals surface area contributed by atoms with Crippen molar-refractivity contribution >= 4 is 23.6 Å². The maximum absolute atomic E-state index is 13.3. The number of piperidine rings is 1. The van der Waals surface area contributed by atoms with Gasteiger partial charge >= 0.3 is 0 Å². The van der Waals surface area contributed by atoms with Crippen molar-refractivity contribution in [2.75, 3.05) is 20.2 Å². The highest BCUT2D eigenvalue weighted by molar-refractivity contribution is 6.18. The van der Waals surface area contributed by atoms with Gasteiger partial charge < -0.3 is 15.4 Å². The summed E-state index contributed by atoms with van der Waals surface area (Å²) in [6, 6.07) is -0.747. The van der Waals surface area contributed by atoms with E-state index >= 15 is 0 Å². The molecule has 4 amide bonds. The summed E-state index contributed by atoms with van der Waals surface area (Å²) in [5.41, 5.74) is -0.333. The summed E-state index contributed by atoms with van der Waals surface area (Å²) in [5, 5.41) is 8.89. The summed E-state index contributed by atoms with van der Waals surface area (Å²) in [6.07, 6.45) is 8.54. The van der Waals surface area contributed by atoms with Crippen LogP contribution in [0.2, 0.25) is 0 Å². The van der Waals surface area contributed by atoms with Crippen LogP contribution in [-0.2, 0) is 23.9 Å². The van der Waals surface area contributed by atoms with Gasteiger partial charge in [-0.2, -0.15) is 0 Å². The first kappa shape index (κ1) is 21.9. The first-order chi connectivity index (χ1) is 14.8. The Balaban J connectivity index is 1.41. The molecular formula is C22H30N4O5. The smallest absolute Gasteiger partial charge is 0.258 e. The summed E-state index contributed by atoms with van der Waals surface area (Å²) >= 11 is 0. The van der Waals surface area contributed by atoms with Crippen LogP contribution in [0.4, 0.5) is 0 Å². The summed E-state index contributed by atoms with van der Waals surface area (Å²) in [7, 11) is 1.92. The molecular weight excluding hydrogens is 400 g/mol. The molecule has 2 aliphatic heterocycles. The third kappa shape index (κ3) is 4.09. The second-order valence-corrected chi connectivity index (χ2v) is 8.94. The van der Waals surface area contributed by atoms with E-state index in [1.54, 1.807) is 12.2 Å². The molecule has 4 rings (SSSR count). The molecule has 0 radical (unpaired) electrons. The second-order valence-electron chi connectivity index (χ2n) is 8.94. The third-order valence-electron chi connectivity index (χ3n) is 6.64. The number of carbonyl (C=O) groups excluding carboxylic acids is 4. The third-order valence-corrected chi connectivity index (χ3v) is 6.64. The molecule has 168 valence electrons. The van der Waals surface area contributed by atoms with E-state index in [2.05, 4.69) is 16.0 Å². The van der Waals surface area contributed by atoms with Crippen molar-refractivity contribution in [1.82, 2.24) is 20.9 Å². The van der Waals surface area contributed by atoms with Crippen LogP contribution in [0.25, 0.3) is 0 Å². The summed E-state index contributed by atoms with van der Waals surface area (Å²) in [6.45, 7) is 3.56. The van der Waals surface area contributed by atoms with Gasteiger partial charge in [-0.25, -0.2) is 0 Å². The van der Waals surface area contributed by atoms with Gasteiger partial charge in [0.2, 0.25) is 17.7 Å². The fraction of sp³-hybridized carbons (Fsp3) is 0.636. The van der Waals surface area contributed by atoms with Crippen LogP contribution in [0, 0.1) is 5.92 Å². The Labute approximate surface area is 181 Å². The molecule has 9 heteroatoms. The molecule has 9 nitrogen and oxygen atoms in total. The molecule has 0 aromatic rings. The van der Waals surface area contributed by atoms with Gasteiger partial charge in [-0.1, -0.05) is 18.2 Å². The predicted molar refractivity (Wildman–Crippen MR) is 112 cm³/mol. The van der Waals surface area contributed by atoms with Crippen molar-refractivity contribution in [1.29, 1.82) is 0 Å². The van der Waals surface area contributed by atoms with Gasteiger partial charge in [0, 0.05) is 24.6 Å². The first-order valence-corrected chi connectivity index (χ1v) is 11.0. The lowest BCUT2D eigenvalue weighted by Gasteiger charge is -2.44. The Kier molecular flexibility index (Phi) is 6.09. The fourth-order valence-electron chi connectivity index (χ4n) is 4.94. The molecule has 0 aromatic heterocycles. The normalized spacial score (nSPS) is 35.0. The van der Waals surface area contributed by atoms with Crippen molar-refractivity contribution in [3.8, 4) is 0 Å². The number of carbonyl (C=O) groups is 4. The largest absolute Gasteiger partial charge is 0.378 e. The fourth-order valence-corrected chi connectivity index (χ4v) is 4.94. The van der Waals surface area contributed by atoms with Crippen LogP contribution in [0.1, 0.15) is 39.0 Å². The van der Waals surface area contributed by atoms with Crippen molar-refractivity contribution < 1.29 is 23.9 Å². The lowest BCUT2D eigenvalue weighted by molar-refractivity contribution is -0.151. The van der Waals surface area contributed by atoms with E-state index < -0.39 is 29.3 Å². The maximum Gasteiger partial charge on any atom is 0.258 e. The van der Waals surface area contributed by atoms with Crippen LogP contribution < -0.4 is 16.0 Å². The Morgan fingerprint density at radius 2 is 2.03 bits per heavy atom. The molecule has 1 saturated carbocycles. The highest BCUT2D eigenvalue weighted by Gasteiger charge is 2.56. The topological polar surface area (TPSA) is 117 Å². The molecule has 2 saturated heterocycles. The van der Waals surface area contributed by atoms with Crippen molar-refractivity contribution in [2.24, 2.45) is 5.92 Å². The zero-order chi connectivity index (χ0) is 22.2. The molecule has 0 aromatic carbocycles. The highest BCUT2D eigenvalue weighted by atomic mass is 16.5. The number of hydrogen-bond acceptors (Lipinski definition) is 7. The molecule has 3 unspecified atom stereocenters.